The Morgan fingerprint density at radius 2 is 1.93 bits per heavy atom. The zero-order chi connectivity index (χ0) is 19.6. The maximum atomic E-state index is 13.8. The van der Waals surface area contributed by atoms with Gasteiger partial charge in [-0.2, -0.15) is 0 Å². The number of anilines is 1. The van der Waals surface area contributed by atoms with Crippen LogP contribution in [0.4, 0.5) is 10.1 Å². The summed E-state index contributed by atoms with van der Waals surface area (Å²) in [6.07, 6.45) is -1.03. The molecule has 1 atom stereocenters. The lowest BCUT2D eigenvalue weighted by Gasteiger charge is -2.15. The fourth-order valence-corrected chi connectivity index (χ4v) is 2.49. The second-order valence-corrected chi connectivity index (χ2v) is 5.68. The van der Waals surface area contributed by atoms with Gasteiger partial charge in [-0.25, -0.2) is 9.38 Å². The largest absolute Gasteiger partial charge is 0.493 e. The highest BCUT2D eigenvalue weighted by Crippen LogP contribution is 2.30. The van der Waals surface area contributed by atoms with Crippen molar-refractivity contribution in [2.24, 2.45) is 4.99 Å². The summed E-state index contributed by atoms with van der Waals surface area (Å²) in [5, 5.41) is 16.5. The standard InChI is InChI=1S/C20H26FN3O3.HI/c1-4-22-20(23-13-17(25)15-8-6-7-9-16(15)21)24-14-10-11-18(27-5-2)19(12-14)26-3;/h6-12,17,25H,4-5,13H2,1-3H3,(H2,22,23,24);1H. The van der Waals surface area contributed by atoms with Crippen LogP contribution in [0.15, 0.2) is 47.5 Å². The van der Waals surface area contributed by atoms with Crippen molar-refractivity contribution in [1.29, 1.82) is 0 Å². The van der Waals surface area contributed by atoms with E-state index in [0.29, 0.717) is 30.6 Å². The van der Waals surface area contributed by atoms with Gasteiger partial charge in [0.15, 0.2) is 17.5 Å². The van der Waals surface area contributed by atoms with Crippen molar-refractivity contribution in [1.82, 2.24) is 5.32 Å². The van der Waals surface area contributed by atoms with Gasteiger partial charge in [0, 0.05) is 23.9 Å². The van der Waals surface area contributed by atoms with Gasteiger partial charge in [0.05, 0.1) is 20.3 Å². The molecule has 0 bridgehead atoms. The molecule has 0 aliphatic heterocycles. The van der Waals surface area contributed by atoms with Gasteiger partial charge in [-0.15, -0.1) is 24.0 Å². The van der Waals surface area contributed by atoms with Crippen LogP contribution in [-0.4, -0.2) is 37.9 Å². The maximum absolute atomic E-state index is 13.8. The van der Waals surface area contributed by atoms with Gasteiger partial charge in [0.25, 0.3) is 0 Å². The SMILES string of the molecule is CCNC(=NCC(O)c1ccccc1F)Nc1ccc(OCC)c(OC)c1.I. The van der Waals surface area contributed by atoms with Crippen LogP contribution in [0.1, 0.15) is 25.5 Å². The number of ether oxygens (including phenoxy) is 2. The fourth-order valence-electron chi connectivity index (χ4n) is 2.49. The fraction of sp³-hybridized carbons (Fsp3) is 0.350. The topological polar surface area (TPSA) is 75.1 Å². The molecule has 2 aromatic rings. The quantitative estimate of drug-likeness (QED) is 0.289. The third kappa shape index (κ3) is 6.83. The third-order valence-electron chi connectivity index (χ3n) is 3.76. The minimum Gasteiger partial charge on any atom is -0.493 e. The average molecular weight is 503 g/mol. The average Bonchev–Trinajstić information content (AvgIpc) is 2.67. The molecule has 0 heterocycles. The monoisotopic (exact) mass is 503 g/mol. The van der Waals surface area contributed by atoms with E-state index in [9.17, 15) is 9.50 Å². The highest BCUT2D eigenvalue weighted by atomic mass is 127. The molecule has 2 aromatic carbocycles. The van der Waals surface area contributed by atoms with Crippen LogP contribution in [0.2, 0.25) is 0 Å². The Kier molecular flexibility index (Phi) is 10.6. The number of methoxy groups -OCH3 is 1. The summed E-state index contributed by atoms with van der Waals surface area (Å²) in [4.78, 5) is 4.35. The molecule has 1 unspecified atom stereocenters. The van der Waals surface area contributed by atoms with Crippen molar-refractivity contribution < 1.29 is 19.0 Å². The number of halogens is 2. The molecule has 8 heteroatoms. The first kappa shape index (κ1) is 24.0. The number of hydrogen-bond donors (Lipinski definition) is 3. The molecule has 0 saturated carbocycles. The van der Waals surface area contributed by atoms with Crippen molar-refractivity contribution in [3.05, 3.63) is 53.8 Å². The van der Waals surface area contributed by atoms with E-state index in [1.54, 1.807) is 31.4 Å². The smallest absolute Gasteiger partial charge is 0.195 e. The molecule has 0 aliphatic carbocycles. The van der Waals surface area contributed by atoms with E-state index < -0.39 is 11.9 Å². The molecule has 0 saturated heterocycles. The summed E-state index contributed by atoms with van der Waals surface area (Å²) in [5.41, 5.74) is 0.968. The number of aliphatic hydroxyl groups is 1. The molecule has 28 heavy (non-hydrogen) atoms. The minimum absolute atomic E-state index is 0. The number of nitrogens with zero attached hydrogens (tertiary/aromatic N) is 1. The molecule has 6 nitrogen and oxygen atoms in total. The number of aliphatic imine (C=N–C) groups is 1. The minimum atomic E-state index is -1.03. The number of aliphatic hydroxyl groups excluding tert-OH is 1. The van der Waals surface area contributed by atoms with Gasteiger partial charge in [-0.05, 0) is 32.0 Å². The highest BCUT2D eigenvalue weighted by Gasteiger charge is 2.12. The summed E-state index contributed by atoms with van der Waals surface area (Å²) in [7, 11) is 1.58. The Morgan fingerprint density at radius 1 is 1.18 bits per heavy atom. The molecule has 0 radical (unpaired) electrons. The summed E-state index contributed by atoms with van der Waals surface area (Å²) < 4.78 is 24.6. The summed E-state index contributed by atoms with van der Waals surface area (Å²) in [5.74, 6) is 1.28. The number of nitrogens with one attached hydrogen (secondary N) is 2. The Morgan fingerprint density at radius 3 is 2.57 bits per heavy atom. The number of hydrogen-bond acceptors (Lipinski definition) is 4. The van der Waals surface area contributed by atoms with Gasteiger partial charge in [-0.3, -0.25) is 0 Å². The van der Waals surface area contributed by atoms with Gasteiger partial charge in [-0.1, -0.05) is 18.2 Å². The molecule has 2 rings (SSSR count). The Balaban J connectivity index is 0.00000392. The predicted octanol–water partition coefficient (Wildman–Crippen LogP) is 3.96. The van der Waals surface area contributed by atoms with Crippen LogP contribution < -0.4 is 20.1 Å². The van der Waals surface area contributed by atoms with E-state index >= 15 is 0 Å². The van der Waals surface area contributed by atoms with Crippen molar-refractivity contribution in [3.8, 4) is 11.5 Å². The molecular weight excluding hydrogens is 476 g/mol. The first-order valence-electron chi connectivity index (χ1n) is 8.87. The van der Waals surface area contributed by atoms with E-state index in [1.165, 1.54) is 6.07 Å². The lowest BCUT2D eigenvalue weighted by atomic mass is 10.1. The van der Waals surface area contributed by atoms with Crippen LogP contribution in [0.5, 0.6) is 11.5 Å². The van der Waals surface area contributed by atoms with Crippen LogP contribution in [0.25, 0.3) is 0 Å². The Bertz CT molecular complexity index is 774. The van der Waals surface area contributed by atoms with E-state index in [4.69, 9.17) is 9.47 Å². The lowest BCUT2D eigenvalue weighted by molar-refractivity contribution is 0.182. The van der Waals surface area contributed by atoms with Crippen LogP contribution in [-0.2, 0) is 0 Å². The zero-order valence-electron chi connectivity index (χ0n) is 16.2. The van der Waals surface area contributed by atoms with E-state index in [0.717, 1.165) is 5.69 Å². The summed E-state index contributed by atoms with van der Waals surface area (Å²) in [6, 6.07) is 11.6. The van der Waals surface area contributed by atoms with E-state index in [1.807, 2.05) is 26.0 Å². The van der Waals surface area contributed by atoms with E-state index in [-0.39, 0.29) is 36.1 Å². The molecule has 0 spiro atoms. The number of benzene rings is 2. The number of rotatable bonds is 8. The third-order valence-corrected chi connectivity index (χ3v) is 3.76. The molecule has 0 aromatic heterocycles. The Hall–Kier alpha value is -2.07. The van der Waals surface area contributed by atoms with Crippen LogP contribution in [0.3, 0.4) is 0 Å². The second kappa shape index (κ2) is 12.4. The van der Waals surface area contributed by atoms with Crippen molar-refractivity contribution in [2.45, 2.75) is 20.0 Å². The van der Waals surface area contributed by atoms with E-state index in [2.05, 4.69) is 15.6 Å². The second-order valence-electron chi connectivity index (χ2n) is 5.68. The van der Waals surface area contributed by atoms with Gasteiger partial charge >= 0.3 is 0 Å². The molecular formula is C20H27FIN3O3. The molecule has 0 amide bonds. The van der Waals surface area contributed by atoms with Crippen molar-refractivity contribution in [3.63, 3.8) is 0 Å². The molecule has 3 N–H and O–H groups in total. The zero-order valence-corrected chi connectivity index (χ0v) is 18.6. The molecule has 154 valence electrons. The van der Waals surface area contributed by atoms with Gasteiger partial charge < -0.3 is 25.2 Å². The molecule has 0 fully saturated rings. The van der Waals surface area contributed by atoms with Crippen molar-refractivity contribution in [2.75, 3.05) is 32.1 Å². The Labute approximate surface area is 182 Å². The first-order chi connectivity index (χ1) is 13.1. The predicted molar refractivity (Wildman–Crippen MR) is 121 cm³/mol. The summed E-state index contributed by atoms with van der Waals surface area (Å²) in [6.45, 7) is 5.03. The summed E-state index contributed by atoms with van der Waals surface area (Å²) >= 11 is 0. The van der Waals surface area contributed by atoms with Gasteiger partial charge in [0.2, 0.25) is 0 Å². The molecule has 0 aliphatic rings. The highest BCUT2D eigenvalue weighted by molar-refractivity contribution is 14.0. The number of guanidine groups is 1. The van der Waals surface area contributed by atoms with Gasteiger partial charge in [0.1, 0.15) is 11.9 Å². The van der Waals surface area contributed by atoms with Crippen LogP contribution >= 0.6 is 24.0 Å². The maximum Gasteiger partial charge on any atom is 0.195 e. The first-order valence-corrected chi connectivity index (χ1v) is 8.87. The lowest BCUT2D eigenvalue weighted by Crippen LogP contribution is -2.31. The normalized spacial score (nSPS) is 12.0. The van der Waals surface area contributed by atoms with Crippen LogP contribution in [0, 0.1) is 5.82 Å². The van der Waals surface area contributed by atoms with Crippen molar-refractivity contribution >= 4 is 35.6 Å².